The monoisotopic (exact) mass is 251 g/mol. The second kappa shape index (κ2) is 4.57. The number of piperidine rings is 1. The summed E-state index contributed by atoms with van der Waals surface area (Å²) in [4.78, 5) is 11.8. The molecule has 0 spiro atoms. The number of Topliss-reactive ketones (excluding diaryl/α,β-unsaturated/α-hetero) is 1. The summed E-state index contributed by atoms with van der Waals surface area (Å²) in [6.07, 6.45) is -2.95. The third-order valence-corrected chi connectivity index (χ3v) is 3.76. The van der Waals surface area contributed by atoms with Crippen LogP contribution in [0.2, 0.25) is 0 Å². The van der Waals surface area contributed by atoms with Crippen LogP contribution in [-0.4, -0.2) is 37.3 Å². The normalized spacial score (nSPS) is 38.9. The van der Waals surface area contributed by atoms with E-state index in [4.69, 9.17) is 4.74 Å². The molecule has 0 radical (unpaired) electrons. The van der Waals surface area contributed by atoms with Gasteiger partial charge in [-0.3, -0.25) is 4.79 Å². The van der Waals surface area contributed by atoms with Crippen molar-refractivity contribution in [1.82, 2.24) is 5.32 Å². The van der Waals surface area contributed by atoms with Gasteiger partial charge in [0.1, 0.15) is 11.8 Å². The Morgan fingerprint density at radius 1 is 1.35 bits per heavy atom. The minimum atomic E-state index is -4.33. The number of carbonyl (C=O) groups excluding carboxylic acids is 1. The Morgan fingerprint density at radius 3 is 2.65 bits per heavy atom. The molecule has 0 aromatic rings. The molecular formula is C11H16F3NO2. The lowest BCUT2D eigenvalue weighted by molar-refractivity contribution is -0.173. The van der Waals surface area contributed by atoms with E-state index in [0.717, 1.165) is 0 Å². The Hall–Kier alpha value is -0.620. The van der Waals surface area contributed by atoms with Crippen molar-refractivity contribution in [3.63, 3.8) is 0 Å². The molecule has 0 aromatic carbocycles. The molecule has 1 aliphatic heterocycles. The summed E-state index contributed by atoms with van der Waals surface area (Å²) in [6.45, 7) is 0. The van der Waals surface area contributed by atoms with Crippen molar-refractivity contribution in [3.05, 3.63) is 0 Å². The molecule has 0 aromatic heterocycles. The maximum Gasteiger partial charge on any atom is 0.404 e. The molecular weight excluding hydrogens is 235 g/mol. The van der Waals surface area contributed by atoms with Gasteiger partial charge in [-0.1, -0.05) is 0 Å². The standard InChI is InChI=1S/C11H16F3NO2/c1-17-6-2-3-8-7(4-6)9(16)5-10(15-8)11(12,13)14/h6-8,10,15H,2-5H2,1H3. The molecule has 2 fully saturated rings. The number of fused-ring (bicyclic) bond motifs is 1. The molecule has 1 saturated carbocycles. The molecule has 6 heteroatoms. The summed E-state index contributed by atoms with van der Waals surface area (Å²) >= 11 is 0. The molecule has 1 aliphatic carbocycles. The van der Waals surface area contributed by atoms with Crippen molar-refractivity contribution in [2.75, 3.05) is 7.11 Å². The van der Waals surface area contributed by atoms with Gasteiger partial charge in [0.05, 0.1) is 6.10 Å². The molecule has 1 heterocycles. The molecule has 0 amide bonds. The van der Waals surface area contributed by atoms with E-state index >= 15 is 0 Å². The van der Waals surface area contributed by atoms with E-state index in [-0.39, 0.29) is 23.8 Å². The molecule has 2 aliphatic rings. The second-order valence-corrected chi connectivity index (χ2v) is 4.82. The van der Waals surface area contributed by atoms with Gasteiger partial charge in [-0.05, 0) is 19.3 Å². The summed E-state index contributed by atoms with van der Waals surface area (Å²) < 4.78 is 42.9. The number of carbonyl (C=O) groups is 1. The van der Waals surface area contributed by atoms with Crippen LogP contribution in [0.1, 0.15) is 25.7 Å². The Morgan fingerprint density at radius 2 is 2.06 bits per heavy atom. The molecule has 2 rings (SSSR count). The smallest absolute Gasteiger partial charge is 0.381 e. The van der Waals surface area contributed by atoms with E-state index in [0.29, 0.717) is 19.3 Å². The molecule has 1 saturated heterocycles. The predicted octanol–water partition coefficient (Wildman–Crippen LogP) is 1.66. The highest BCUT2D eigenvalue weighted by Gasteiger charge is 2.49. The van der Waals surface area contributed by atoms with Crippen molar-refractivity contribution in [1.29, 1.82) is 0 Å². The average Bonchev–Trinajstić information content (AvgIpc) is 2.27. The molecule has 4 atom stereocenters. The van der Waals surface area contributed by atoms with Crippen LogP contribution < -0.4 is 5.32 Å². The average molecular weight is 251 g/mol. The van der Waals surface area contributed by atoms with Gasteiger partial charge in [-0.25, -0.2) is 0 Å². The van der Waals surface area contributed by atoms with Crippen LogP contribution in [-0.2, 0) is 9.53 Å². The maximum atomic E-state index is 12.6. The van der Waals surface area contributed by atoms with Gasteiger partial charge < -0.3 is 10.1 Å². The SMILES string of the molecule is COC1CCC2NC(C(F)(F)F)CC(=O)C2C1. The zero-order valence-electron chi connectivity index (χ0n) is 9.59. The molecule has 3 nitrogen and oxygen atoms in total. The van der Waals surface area contributed by atoms with Gasteiger partial charge >= 0.3 is 6.18 Å². The van der Waals surface area contributed by atoms with Crippen LogP contribution >= 0.6 is 0 Å². The largest absolute Gasteiger partial charge is 0.404 e. The zero-order valence-corrected chi connectivity index (χ0v) is 9.59. The highest BCUT2D eigenvalue weighted by molar-refractivity contribution is 5.83. The fourth-order valence-electron chi connectivity index (χ4n) is 2.78. The number of halogens is 3. The van der Waals surface area contributed by atoms with Crippen LogP contribution in [0.25, 0.3) is 0 Å². The van der Waals surface area contributed by atoms with Crippen LogP contribution in [0.5, 0.6) is 0 Å². The highest BCUT2D eigenvalue weighted by atomic mass is 19.4. The molecule has 0 bridgehead atoms. The summed E-state index contributed by atoms with van der Waals surface area (Å²) in [6, 6.07) is -2.01. The van der Waals surface area contributed by atoms with E-state index in [1.54, 1.807) is 7.11 Å². The van der Waals surface area contributed by atoms with E-state index in [1.165, 1.54) is 0 Å². The van der Waals surface area contributed by atoms with Crippen LogP contribution in [0.3, 0.4) is 0 Å². The Balaban J connectivity index is 2.05. The number of methoxy groups -OCH3 is 1. The lowest BCUT2D eigenvalue weighted by atomic mass is 9.75. The maximum absolute atomic E-state index is 12.6. The summed E-state index contributed by atoms with van der Waals surface area (Å²) in [5, 5.41) is 2.57. The first-order valence-electron chi connectivity index (χ1n) is 5.80. The molecule has 1 N–H and O–H groups in total. The van der Waals surface area contributed by atoms with Crippen LogP contribution in [0.4, 0.5) is 13.2 Å². The van der Waals surface area contributed by atoms with E-state index in [2.05, 4.69) is 5.32 Å². The zero-order chi connectivity index (χ0) is 12.6. The van der Waals surface area contributed by atoms with Gasteiger partial charge in [0.25, 0.3) is 0 Å². The summed E-state index contributed by atoms with van der Waals surface area (Å²) in [5.41, 5.74) is 0. The van der Waals surface area contributed by atoms with Gasteiger partial charge in [-0.15, -0.1) is 0 Å². The summed E-state index contributed by atoms with van der Waals surface area (Å²) in [7, 11) is 1.57. The number of rotatable bonds is 1. The third-order valence-electron chi connectivity index (χ3n) is 3.76. The first kappa shape index (κ1) is 12.8. The lowest BCUT2D eigenvalue weighted by Crippen LogP contribution is -2.59. The van der Waals surface area contributed by atoms with Crippen molar-refractivity contribution in [3.8, 4) is 0 Å². The molecule has 17 heavy (non-hydrogen) atoms. The Bertz CT molecular complexity index is 306. The van der Waals surface area contributed by atoms with Crippen molar-refractivity contribution >= 4 is 5.78 Å². The van der Waals surface area contributed by atoms with Gasteiger partial charge in [0, 0.05) is 25.5 Å². The number of ketones is 1. The molecule has 98 valence electrons. The minimum absolute atomic E-state index is 0.00411. The first-order chi connectivity index (χ1) is 7.91. The van der Waals surface area contributed by atoms with Gasteiger partial charge in [0.15, 0.2) is 0 Å². The topological polar surface area (TPSA) is 38.3 Å². The van der Waals surface area contributed by atoms with Crippen LogP contribution in [0, 0.1) is 5.92 Å². The number of ether oxygens (including phenoxy) is 1. The summed E-state index contributed by atoms with van der Waals surface area (Å²) in [5.74, 6) is -0.592. The Kier molecular flexibility index (Phi) is 3.45. The molecule has 4 unspecified atom stereocenters. The third kappa shape index (κ3) is 2.63. The number of hydrogen-bond acceptors (Lipinski definition) is 3. The van der Waals surface area contributed by atoms with Crippen molar-refractivity contribution < 1.29 is 22.7 Å². The van der Waals surface area contributed by atoms with Crippen molar-refractivity contribution in [2.24, 2.45) is 5.92 Å². The van der Waals surface area contributed by atoms with Gasteiger partial charge in [-0.2, -0.15) is 13.2 Å². The fourth-order valence-corrected chi connectivity index (χ4v) is 2.78. The van der Waals surface area contributed by atoms with E-state index in [1.807, 2.05) is 0 Å². The van der Waals surface area contributed by atoms with E-state index in [9.17, 15) is 18.0 Å². The minimum Gasteiger partial charge on any atom is -0.381 e. The van der Waals surface area contributed by atoms with Crippen LogP contribution in [0.15, 0.2) is 0 Å². The predicted molar refractivity (Wildman–Crippen MR) is 54.5 cm³/mol. The second-order valence-electron chi connectivity index (χ2n) is 4.82. The Labute approximate surface area is 97.7 Å². The fraction of sp³-hybridized carbons (Fsp3) is 0.909. The van der Waals surface area contributed by atoms with E-state index < -0.39 is 18.6 Å². The number of alkyl halides is 3. The van der Waals surface area contributed by atoms with Gasteiger partial charge in [0.2, 0.25) is 0 Å². The lowest BCUT2D eigenvalue weighted by Gasteiger charge is -2.41. The van der Waals surface area contributed by atoms with Crippen molar-refractivity contribution in [2.45, 2.75) is 50.0 Å². The number of hydrogen-bond donors (Lipinski definition) is 1. The highest BCUT2D eigenvalue weighted by Crippen LogP contribution is 2.35. The number of nitrogens with one attached hydrogen (secondary N) is 1. The quantitative estimate of drug-likeness (QED) is 0.770. The first-order valence-corrected chi connectivity index (χ1v) is 5.80.